The van der Waals surface area contributed by atoms with Crippen molar-refractivity contribution in [3.05, 3.63) is 52.5 Å². The topological polar surface area (TPSA) is 99.2 Å². The molecule has 2 rings (SSSR count). The summed E-state index contributed by atoms with van der Waals surface area (Å²) in [5.74, 6) is -0.483. The summed E-state index contributed by atoms with van der Waals surface area (Å²) in [5.41, 5.74) is 0.238. The number of carbonyl (C=O) groups is 2. The minimum atomic E-state index is -3.88. The predicted octanol–water partition coefficient (Wildman–Crippen LogP) is 3.43. The molecule has 0 N–H and O–H groups in total. The molecule has 168 valence electrons. The van der Waals surface area contributed by atoms with Gasteiger partial charge in [-0.25, -0.2) is 13.2 Å². The molecule has 8 nitrogen and oxygen atoms in total. The first-order valence-electron chi connectivity index (χ1n) is 9.41. The van der Waals surface area contributed by atoms with Gasteiger partial charge in [-0.3, -0.25) is 4.79 Å². The van der Waals surface area contributed by atoms with Gasteiger partial charge in [-0.2, -0.15) is 4.31 Å². The second-order valence-corrected chi connectivity index (χ2v) is 8.62. The lowest BCUT2D eigenvalue weighted by Crippen LogP contribution is -2.31. The van der Waals surface area contributed by atoms with Gasteiger partial charge in [-0.05, 0) is 36.4 Å². The van der Waals surface area contributed by atoms with Crippen LogP contribution in [0.4, 0.5) is 0 Å². The van der Waals surface area contributed by atoms with Gasteiger partial charge < -0.3 is 14.2 Å². The Labute approximate surface area is 186 Å². The molecule has 0 atom stereocenters. The number of carbonyl (C=O) groups excluding carboxylic acids is 2. The summed E-state index contributed by atoms with van der Waals surface area (Å²) in [7, 11) is -0.960. The van der Waals surface area contributed by atoms with Gasteiger partial charge in [0.1, 0.15) is 4.90 Å². The molecule has 31 heavy (non-hydrogen) atoms. The highest BCUT2D eigenvalue weighted by atomic mass is 35.5. The van der Waals surface area contributed by atoms with E-state index in [1.54, 1.807) is 19.9 Å². The van der Waals surface area contributed by atoms with Crippen molar-refractivity contribution in [2.24, 2.45) is 0 Å². The van der Waals surface area contributed by atoms with Crippen molar-refractivity contribution in [3.8, 4) is 11.5 Å². The van der Waals surface area contributed by atoms with Crippen molar-refractivity contribution in [2.45, 2.75) is 18.7 Å². The minimum absolute atomic E-state index is 0.00939. The van der Waals surface area contributed by atoms with Gasteiger partial charge in [0.05, 0.1) is 24.8 Å². The van der Waals surface area contributed by atoms with E-state index in [-0.39, 0.29) is 34.1 Å². The predicted molar refractivity (Wildman–Crippen MR) is 116 cm³/mol. The maximum absolute atomic E-state index is 12.8. The van der Waals surface area contributed by atoms with Gasteiger partial charge in [0.25, 0.3) is 0 Å². The third-order valence-corrected chi connectivity index (χ3v) is 7.06. The van der Waals surface area contributed by atoms with Crippen molar-refractivity contribution >= 4 is 33.4 Å². The number of esters is 1. The second kappa shape index (κ2) is 10.6. The minimum Gasteiger partial charge on any atom is -0.493 e. The second-order valence-electron chi connectivity index (χ2n) is 6.30. The summed E-state index contributed by atoms with van der Waals surface area (Å²) in [5, 5.41) is -0.00939. The fourth-order valence-electron chi connectivity index (χ4n) is 2.84. The van der Waals surface area contributed by atoms with Crippen LogP contribution in [0.3, 0.4) is 0 Å². The summed E-state index contributed by atoms with van der Waals surface area (Å²) < 4.78 is 42.1. The molecule has 0 radical (unpaired) electrons. The molecule has 2 aromatic rings. The van der Waals surface area contributed by atoms with E-state index in [1.807, 2.05) is 0 Å². The van der Waals surface area contributed by atoms with E-state index in [2.05, 4.69) is 0 Å². The van der Waals surface area contributed by atoms with Crippen LogP contribution in [-0.4, -0.2) is 58.4 Å². The Morgan fingerprint density at radius 2 is 1.55 bits per heavy atom. The standard InChI is InChI=1S/C21H24ClNO7S/c1-5-23(6-2)31(26,27)20-12-15(7-9-16(20)22)21(25)30-13-17(24)14-8-10-18(28-3)19(11-14)29-4/h7-12H,5-6,13H2,1-4H3. The number of halogens is 1. The number of ether oxygens (including phenoxy) is 3. The summed E-state index contributed by atoms with van der Waals surface area (Å²) in [4.78, 5) is 24.6. The zero-order valence-electron chi connectivity index (χ0n) is 17.7. The molecule has 0 saturated heterocycles. The lowest BCUT2D eigenvalue weighted by Gasteiger charge is -2.19. The Balaban J connectivity index is 2.19. The first kappa shape index (κ1) is 24.6. The molecule has 0 heterocycles. The normalized spacial score (nSPS) is 11.3. The van der Waals surface area contributed by atoms with Gasteiger partial charge in [-0.15, -0.1) is 0 Å². The van der Waals surface area contributed by atoms with Crippen LogP contribution in [0.15, 0.2) is 41.3 Å². The van der Waals surface area contributed by atoms with Crippen LogP contribution in [0.25, 0.3) is 0 Å². The molecule has 0 amide bonds. The largest absolute Gasteiger partial charge is 0.493 e. The average Bonchev–Trinajstić information content (AvgIpc) is 2.77. The number of methoxy groups -OCH3 is 2. The first-order chi connectivity index (χ1) is 14.7. The Morgan fingerprint density at radius 3 is 2.13 bits per heavy atom. The van der Waals surface area contributed by atoms with Crippen molar-refractivity contribution in [1.82, 2.24) is 4.31 Å². The van der Waals surface area contributed by atoms with E-state index in [9.17, 15) is 18.0 Å². The quantitative estimate of drug-likeness (QED) is 0.388. The number of rotatable bonds is 10. The SMILES string of the molecule is CCN(CC)S(=O)(=O)c1cc(C(=O)OCC(=O)c2ccc(OC)c(OC)c2)ccc1Cl. The van der Waals surface area contributed by atoms with Gasteiger partial charge in [-0.1, -0.05) is 25.4 Å². The van der Waals surface area contributed by atoms with Crippen LogP contribution in [0.5, 0.6) is 11.5 Å². The number of nitrogens with zero attached hydrogens (tertiary/aromatic N) is 1. The number of benzene rings is 2. The van der Waals surface area contributed by atoms with Gasteiger partial charge >= 0.3 is 5.97 Å². The Bertz CT molecular complexity index is 1070. The van der Waals surface area contributed by atoms with Crippen molar-refractivity contribution in [2.75, 3.05) is 33.9 Å². The average molecular weight is 470 g/mol. The summed E-state index contributed by atoms with van der Waals surface area (Å²) in [6.45, 7) is 3.38. The molecule has 0 saturated carbocycles. The van der Waals surface area contributed by atoms with Crippen LogP contribution in [0.2, 0.25) is 5.02 Å². The Kier molecular flexibility index (Phi) is 8.43. The molecule has 0 aliphatic heterocycles. The highest BCUT2D eigenvalue weighted by molar-refractivity contribution is 7.89. The number of hydrogen-bond donors (Lipinski definition) is 0. The highest BCUT2D eigenvalue weighted by Crippen LogP contribution is 2.28. The van der Waals surface area contributed by atoms with Crippen LogP contribution < -0.4 is 9.47 Å². The molecule has 0 bridgehead atoms. The van der Waals surface area contributed by atoms with E-state index in [1.165, 1.54) is 42.8 Å². The molecule has 2 aromatic carbocycles. The fraction of sp³-hybridized carbons (Fsp3) is 0.333. The van der Waals surface area contributed by atoms with Crippen molar-refractivity contribution in [3.63, 3.8) is 0 Å². The Morgan fingerprint density at radius 1 is 0.935 bits per heavy atom. The van der Waals surface area contributed by atoms with Crippen LogP contribution in [0, 0.1) is 0 Å². The smallest absolute Gasteiger partial charge is 0.338 e. The zero-order valence-corrected chi connectivity index (χ0v) is 19.2. The van der Waals surface area contributed by atoms with Crippen LogP contribution >= 0.6 is 11.6 Å². The molecule has 0 aliphatic rings. The summed E-state index contributed by atoms with van der Waals surface area (Å²) >= 11 is 6.07. The zero-order chi connectivity index (χ0) is 23.2. The van der Waals surface area contributed by atoms with E-state index >= 15 is 0 Å². The van der Waals surface area contributed by atoms with E-state index in [0.717, 1.165) is 6.07 Å². The molecule has 0 aromatic heterocycles. The molecule has 10 heteroatoms. The van der Waals surface area contributed by atoms with Crippen LogP contribution in [0.1, 0.15) is 34.6 Å². The number of hydrogen-bond acceptors (Lipinski definition) is 7. The van der Waals surface area contributed by atoms with Crippen molar-refractivity contribution < 1.29 is 32.2 Å². The monoisotopic (exact) mass is 469 g/mol. The molecular formula is C21H24ClNO7S. The number of Topliss-reactive ketones (excluding diaryl/α,β-unsaturated/α-hetero) is 1. The summed E-state index contributed by atoms with van der Waals surface area (Å²) in [6.07, 6.45) is 0. The Hall–Kier alpha value is -2.62. The van der Waals surface area contributed by atoms with Gasteiger partial charge in [0.2, 0.25) is 10.0 Å². The molecule has 0 fully saturated rings. The van der Waals surface area contributed by atoms with Crippen molar-refractivity contribution in [1.29, 1.82) is 0 Å². The maximum atomic E-state index is 12.8. The third kappa shape index (κ3) is 5.55. The lowest BCUT2D eigenvalue weighted by molar-refractivity contribution is 0.0474. The fourth-order valence-corrected chi connectivity index (χ4v) is 4.80. The van der Waals surface area contributed by atoms with Gasteiger partial charge in [0, 0.05) is 18.7 Å². The molecule has 0 unspecified atom stereocenters. The van der Waals surface area contributed by atoms with E-state index < -0.39 is 28.4 Å². The molecular weight excluding hydrogens is 446 g/mol. The van der Waals surface area contributed by atoms with E-state index in [0.29, 0.717) is 11.5 Å². The first-order valence-corrected chi connectivity index (χ1v) is 11.2. The number of sulfonamides is 1. The highest BCUT2D eigenvalue weighted by Gasteiger charge is 2.26. The molecule has 0 aliphatic carbocycles. The summed E-state index contributed by atoms with van der Waals surface area (Å²) in [6, 6.07) is 8.37. The third-order valence-electron chi connectivity index (χ3n) is 4.53. The number of ketones is 1. The van der Waals surface area contributed by atoms with Gasteiger partial charge in [0.15, 0.2) is 23.9 Å². The molecule has 0 spiro atoms. The van der Waals surface area contributed by atoms with Crippen LogP contribution in [-0.2, 0) is 14.8 Å². The lowest BCUT2D eigenvalue weighted by atomic mass is 10.1. The van der Waals surface area contributed by atoms with E-state index in [4.69, 9.17) is 25.8 Å². The maximum Gasteiger partial charge on any atom is 0.338 e.